The molecule has 0 saturated heterocycles. The fourth-order valence-corrected chi connectivity index (χ4v) is 1.46. The standard InChI is InChI=1S/C10H12O/c1-2-4-9-6-7-11-8-10(9)5-3-1/h2-5H,1,6-8H2. The topological polar surface area (TPSA) is 9.23 Å². The van der Waals surface area contributed by atoms with Gasteiger partial charge in [0.25, 0.3) is 0 Å². The summed E-state index contributed by atoms with van der Waals surface area (Å²) >= 11 is 0. The molecule has 1 heteroatoms. The van der Waals surface area contributed by atoms with Gasteiger partial charge in [-0.05, 0) is 24.0 Å². The first-order valence-electron chi connectivity index (χ1n) is 4.09. The molecule has 0 amide bonds. The van der Waals surface area contributed by atoms with Gasteiger partial charge in [0.2, 0.25) is 0 Å². The maximum Gasteiger partial charge on any atom is 0.0719 e. The predicted molar refractivity (Wildman–Crippen MR) is 45.4 cm³/mol. The molecule has 2 aliphatic rings. The molecular formula is C10H12O. The van der Waals surface area contributed by atoms with Crippen LogP contribution < -0.4 is 0 Å². The first-order valence-corrected chi connectivity index (χ1v) is 4.09. The third-order valence-electron chi connectivity index (χ3n) is 2.10. The first-order chi connectivity index (χ1) is 5.47. The predicted octanol–water partition coefficient (Wildman–Crippen LogP) is 2.22. The second kappa shape index (κ2) is 3.05. The maximum absolute atomic E-state index is 5.35. The summed E-state index contributed by atoms with van der Waals surface area (Å²) in [7, 11) is 0. The molecule has 0 aromatic rings. The Hall–Kier alpha value is -0.820. The van der Waals surface area contributed by atoms with Gasteiger partial charge in [0, 0.05) is 0 Å². The van der Waals surface area contributed by atoms with E-state index in [4.69, 9.17) is 4.74 Å². The first kappa shape index (κ1) is 6.86. The molecule has 1 heterocycles. The smallest absolute Gasteiger partial charge is 0.0719 e. The number of hydrogen-bond acceptors (Lipinski definition) is 1. The van der Waals surface area contributed by atoms with Gasteiger partial charge in [0.1, 0.15) is 0 Å². The molecule has 0 spiro atoms. The minimum absolute atomic E-state index is 0.802. The number of allylic oxidation sites excluding steroid dienone is 3. The van der Waals surface area contributed by atoms with Crippen LogP contribution in [-0.2, 0) is 4.74 Å². The Morgan fingerprint density at radius 1 is 1.09 bits per heavy atom. The van der Waals surface area contributed by atoms with Crippen molar-refractivity contribution in [1.29, 1.82) is 0 Å². The molecule has 2 rings (SSSR count). The highest BCUT2D eigenvalue weighted by Crippen LogP contribution is 2.20. The zero-order valence-electron chi connectivity index (χ0n) is 6.55. The SMILES string of the molecule is C1=CC2=C(C=CC1)COCC2. The van der Waals surface area contributed by atoms with Crippen LogP contribution in [0.5, 0.6) is 0 Å². The van der Waals surface area contributed by atoms with Gasteiger partial charge >= 0.3 is 0 Å². The number of ether oxygens (including phenoxy) is 1. The Labute approximate surface area is 67.1 Å². The molecule has 0 bridgehead atoms. The third kappa shape index (κ3) is 1.43. The van der Waals surface area contributed by atoms with E-state index in [0.29, 0.717) is 0 Å². The largest absolute Gasteiger partial charge is 0.376 e. The van der Waals surface area contributed by atoms with Crippen molar-refractivity contribution >= 4 is 0 Å². The van der Waals surface area contributed by atoms with Crippen LogP contribution in [0, 0.1) is 0 Å². The maximum atomic E-state index is 5.35. The van der Waals surface area contributed by atoms with E-state index in [1.165, 1.54) is 11.1 Å². The minimum Gasteiger partial charge on any atom is -0.376 e. The summed E-state index contributed by atoms with van der Waals surface area (Å²) in [6, 6.07) is 0. The van der Waals surface area contributed by atoms with Crippen molar-refractivity contribution in [1.82, 2.24) is 0 Å². The average molecular weight is 148 g/mol. The fraction of sp³-hybridized carbons (Fsp3) is 0.400. The molecular weight excluding hydrogens is 136 g/mol. The lowest BCUT2D eigenvalue weighted by Gasteiger charge is -2.15. The van der Waals surface area contributed by atoms with Crippen molar-refractivity contribution in [3.05, 3.63) is 35.5 Å². The zero-order chi connectivity index (χ0) is 7.52. The van der Waals surface area contributed by atoms with E-state index in [9.17, 15) is 0 Å². The van der Waals surface area contributed by atoms with Gasteiger partial charge in [0.15, 0.2) is 0 Å². The van der Waals surface area contributed by atoms with Gasteiger partial charge in [-0.2, -0.15) is 0 Å². The van der Waals surface area contributed by atoms with Crippen LogP contribution in [0.4, 0.5) is 0 Å². The Morgan fingerprint density at radius 2 is 1.91 bits per heavy atom. The highest BCUT2D eigenvalue weighted by atomic mass is 16.5. The van der Waals surface area contributed by atoms with E-state index in [0.717, 1.165) is 26.1 Å². The zero-order valence-corrected chi connectivity index (χ0v) is 6.55. The van der Waals surface area contributed by atoms with Crippen molar-refractivity contribution in [2.75, 3.05) is 13.2 Å². The summed E-state index contributed by atoms with van der Waals surface area (Å²) in [6.45, 7) is 1.69. The van der Waals surface area contributed by atoms with Gasteiger partial charge in [-0.1, -0.05) is 24.3 Å². The van der Waals surface area contributed by atoms with Crippen LogP contribution >= 0.6 is 0 Å². The summed E-state index contributed by atoms with van der Waals surface area (Å²) in [4.78, 5) is 0. The third-order valence-corrected chi connectivity index (χ3v) is 2.10. The lowest BCUT2D eigenvalue weighted by Crippen LogP contribution is -2.08. The highest BCUT2D eigenvalue weighted by Gasteiger charge is 2.08. The van der Waals surface area contributed by atoms with Gasteiger partial charge < -0.3 is 4.74 Å². The molecule has 0 unspecified atom stereocenters. The van der Waals surface area contributed by atoms with E-state index in [-0.39, 0.29) is 0 Å². The summed E-state index contributed by atoms with van der Waals surface area (Å²) in [6.07, 6.45) is 11.0. The normalized spacial score (nSPS) is 23.3. The lowest BCUT2D eigenvalue weighted by atomic mass is 10.0. The molecule has 0 radical (unpaired) electrons. The Kier molecular flexibility index (Phi) is 1.91. The van der Waals surface area contributed by atoms with Crippen molar-refractivity contribution in [2.24, 2.45) is 0 Å². The van der Waals surface area contributed by atoms with E-state index in [1.54, 1.807) is 0 Å². The van der Waals surface area contributed by atoms with Crippen molar-refractivity contribution in [3.63, 3.8) is 0 Å². The highest BCUT2D eigenvalue weighted by molar-refractivity contribution is 5.37. The van der Waals surface area contributed by atoms with Gasteiger partial charge in [-0.3, -0.25) is 0 Å². The van der Waals surface area contributed by atoms with Crippen LogP contribution in [0.3, 0.4) is 0 Å². The summed E-state index contributed by atoms with van der Waals surface area (Å²) < 4.78 is 5.35. The lowest BCUT2D eigenvalue weighted by molar-refractivity contribution is 0.150. The molecule has 1 aliphatic carbocycles. The van der Waals surface area contributed by atoms with Crippen molar-refractivity contribution < 1.29 is 4.74 Å². The second-order valence-electron chi connectivity index (χ2n) is 2.89. The summed E-state index contributed by atoms with van der Waals surface area (Å²) in [5, 5.41) is 0. The number of hydrogen-bond donors (Lipinski definition) is 0. The molecule has 1 aliphatic heterocycles. The van der Waals surface area contributed by atoms with Crippen LogP contribution in [0.1, 0.15) is 12.8 Å². The van der Waals surface area contributed by atoms with Gasteiger partial charge in [0.05, 0.1) is 13.2 Å². The van der Waals surface area contributed by atoms with Gasteiger partial charge in [-0.15, -0.1) is 0 Å². The minimum atomic E-state index is 0.802. The van der Waals surface area contributed by atoms with Crippen LogP contribution in [0.15, 0.2) is 35.5 Å². The molecule has 0 fully saturated rings. The molecule has 0 N–H and O–H groups in total. The molecule has 0 aromatic heterocycles. The van der Waals surface area contributed by atoms with E-state index in [2.05, 4.69) is 24.3 Å². The monoisotopic (exact) mass is 148 g/mol. The molecule has 0 atom stereocenters. The molecule has 0 aromatic carbocycles. The van der Waals surface area contributed by atoms with Crippen LogP contribution in [-0.4, -0.2) is 13.2 Å². The van der Waals surface area contributed by atoms with E-state index < -0.39 is 0 Å². The molecule has 1 nitrogen and oxygen atoms in total. The second-order valence-corrected chi connectivity index (χ2v) is 2.89. The Morgan fingerprint density at radius 3 is 2.82 bits per heavy atom. The van der Waals surface area contributed by atoms with E-state index >= 15 is 0 Å². The van der Waals surface area contributed by atoms with Crippen molar-refractivity contribution in [3.8, 4) is 0 Å². The van der Waals surface area contributed by atoms with E-state index in [1.807, 2.05) is 0 Å². The van der Waals surface area contributed by atoms with Gasteiger partial charge in [-0.25, -0.2) is 0 Å². The molecule has 58 valence electrons. The Balaban J connectivity index is 2.31. The fourth-order valence-electron chi connectivity index (χ4n) is 1.46. The summed E-state index contributed by atoms with van der Waals surface area (Å²) in [5.74, 6) is 0. The van der Waals surface area contributed by atoms with Crippen LogP contribution in [0.25, 0.3) is 0 Å². The summed E-state index contributed by atoms with van der Waals surface area (Å²) in [5.41, 5.74) is 2.83. The average Bonchev–Trinajstić information content (AvgIpc) is 2.28. The Bertz CT molecular complexity index is 209. The molecule has 0 saturated carbocycles. The van der Waals surface area contributed by atoms with Crippen LogP contribution in [0.2, 0.25) is 0 Å². The van der Waals surface area contributed by atoms with Crippen molar-refractivity contribution in [2.45, 2.75) is 12.8 Å². The molecule has 11 heavy (non-hydrogen) atoms. The quantitative estimate of drug-likeness (QED) is 0.512. The number of rotatable bonds is 0.